The van der Waals surface area contributed by atoms with Gasteiger partial charge in [-0.05, 0) is 26.0 Å². The van der Waals surface area contributed by atoms with E-state index in [2.05, 4.69) is 10.4 Å². The van der Waals surface area contributed by atoms with Crippen LogP contribution in [0.4, 0.5) is 11.5 Å². The van der Waals surface area contributed by atoms with Gasteiger partial charge in [0.25, 0.3) is 0 Å². The number of carbonyl (C=O) groups is 1. The monoisotopic (exact) mass is 371 g/mol. The number of nitrogens with zero attached hydrogens (tertiary/aromatic N) is 3. The fourth-order valence-corrected chi connectivity index (χ4v) is 2.99. The number of benzene rings is 1. The number of nitrogens with one attached hydrogen (secondary N) is 1. The number of aromatic nitrogens is 2. The van der Waals surface area contributed by atoms with E-state index < -0.39 is 16.9 Å². The molecule has 1 unspecified atom stereocenters. The number of anilines is 1. The summed E-state index contributed by atoms with van der Waals surface area (Å²) < 4.78 is 1.38. The highest BCUT2D eigenvalue weighted by atomic mass is 35.5. The molecule has 24 heavy (non-hydrogen) atoms. The van der Waals surface area contributed by atoms with Gasteiger partial charge in [-0.1, -0.05) is 29.3 Å². The van der Waals surface area contributed by atoms with Crippen LogP contribution in [0.5, 0.6) is 0 Å². The minimum atomic E-state index is -1.15. The Kier molecular flexibility index (Phi) is 5.30. The molecule has 2 rings (SSSR count). The van der Waals surface area contributed by atoms with Crippen LogP contribution in [0.25, 0.3) is 0 Å². The lowest BCUT2D eigenvalue weighted by Crippen LogP contribution is -2.29. The zero-order valence-electron chi connectivity index (χ0n) is 12.9. The molecule has 10 heteroatoms. The highest BCUT2D eigenvalue weighted by Crippen LogP contribution is 2.36. The Balaban J connectivity index is 2.58. The van der Waals surface area contributed by atoms with Gasteiger partial charge in [0.2, 0.25) is 11.7 Å². The van der Waals surface area contributed by atoms with Crippen molar-refractivity contribution in [3.05, 3.63) is 49.6 Å². The van der Waals surface area contributed by atoms with Crippen molar-refractivity contribution < 1.29 is 9.72 Å². The molecule has 128 valence electrons. The van der Waals surface area contributed by atoms with Crippen molar-refractivity contribution >= 4 is 40.6 Å². The minimum Gasteiger partial charge on any atom is -0.368 e. The Morgan fingerprint density at radius 2 is 2.04 bits per heavy atom. The SMILES string of the molecule is CCn1nc(C)c([N+](=O)[O-])c1NC(C(N)=O)c1c(Cl)cccc1Cl. The highest BCUT2D eigenvalue weighted by molar-refractivity contribution is 6.36. The first-order valence-corrected chi connectivity index (χ1v) is 7.75. The molecule has 0 aliphatic rings. The number of nitro groups is 1. The van der Waals surface area contributed by atoms with Gasteiger partial charge in [0.15, 0.2) is 0 Å². The van der Waals surface area contributed by atoms with Crippen molar-refractivity contribution in [1.29, 1.82) is 0 Å². The van der Waals surface area contributed by atoms with Gasteiger partial charge in [-0.2, -0.15) is 5.10 Å². The molecule has 0 saturated carbocycles. The molecule has 2 aromatic rings. The number of aryl methyl sites for hydroxylation is 2. The summed E-state index contributed by atoms with van der Waals surface area (Å²) in [6, 6.07) is 3.58. The van der Waals surface area contributed by atoms with Gasteiger partial charge >= 0.3 is 5.69 Å². The van der Waals surface area contributed by atoms with Crippen LogP contribution in [0.2, 0.25) is 10.0 Å². The molecular formula is C14H15Cl2N5O3. The molecule has 1 heterocycles. The first kappa shape index (κ1) is 18.0. The number of hydrogen-bond donors (Lipinski definition) is 2. The smallest absolute Gasteiger partial charge is 0.333 e. The summed E-state index contributed by atoms with van der Waals surface area (Å²) in [6.07, 6.45) is 0. The molecule has 1 aromatic carbocycles. The van der Waals surface area contributed by atoms with Gasteiger partial charge in [-0.3, -0.25) is 14.9 Å². The average Bonchev–Trinajstić information content (AvgIpc) is 2.81. The highest BCUT2D eigenvalue weighted by Gasteiger charge is 2.31. The van der Waals surface area contributed by atoms with E-state index in [0.717, 1.165) is 0 Å². The first-order valence-electron chi connectivity index (χ1n) is 6.99. The van der Waals surface area contributed by atoms with Crippen LogP contribution in [0.3, 0.4) is 0 Å². The molecule has 3 N–H and O–H groups in total. The predicted octanol–water partition coefficient (Wildman–Crippen LogP) is 3.06. The predicted molar refractivity (Wildman–Crippen MR) is 91.3 cm³/mol. The van der Waals surface area contributed by atoms with Crippen molar-refractivity contribution in [1.82, 2.24) is 9.78 Å². The molecule has 1 atom stereocenters. The summed E-state index contributed by atoms with van der Waals surface area (Å²) in [5.41, 5.74) is 5.70. The van der Waals surface area contributed by atoms with Crippen molar-refractivity contribution in [3.8, 4) is 0 Å². The molecule has 0 spiro atoms. The number of carbonyl (C=O) groups excluding carboxylic acids is 1. The maximum Gasteiger partial charge on any atom is 0.333 e. The summed E-state index contributed by atoms with van der Waals surface area (Å²) >= 11 is 12.3. The van der Waals surface area contributed by atoms with E-state index in [1.165, 1.54) is 11.6 Å². The summed E-state index contributed by atoms with van der Waals surface area (Å²) in [4.78, 5) is 22.7. The largest absolute Gasteiger partial charge is 0.368 e. The standard InChI is InChI=1S/C14H15Cl2N5O3/c1-3-20-14(12(21(23)24)7(2)19-20)18-11(13(17)22)10-8(15)5-4-6-9(10)16/h4-6,11,18H,3H2,1-2H3,(H2,17,22). The fraction of sp³-hybridized carbons (Fsp3) is 0.286. The Morgan fingerprint density at radius 1 is 1.46 bits per heavy atom. The van der Waals surface area contributed by atoms with Gasteiger partial charge in [-0.25, -0.2) is 4.68 Å². The average molecular weight is 372 g/mol. The molecular weight excluding hydrogens is 357 g/mol. The van der Waals surface area contributed by atoms with Gasteiger partial charge < -0.3 is 11.1 Å². The van der Waals surface area contributed by atoms with Crippen LogP contribution in [0.1, 0.15) is 24.2 Å². The minimum absolute atomic E-state index is 0.0692. The second-order valence-electron chi connectivity index (χ2n) is 4.97. The van der Waals surface area contributed by atoms with Crippen LogP contribution < -0.4 is 11.1 Å². The Bertz CT molecular complexity index is 786. The molecule has 0 saturated heterocycles. The molecule has 1 amide bonds. The Hall–Kier alpha value is -2.32. The van der Waals surface area contributed by atoms with E-state index in [4.69, 9.17) is 28.9 Å². The second-order valence-corrected chi connectivity index (χ2v) is 5.78. The second kappa shape index (κ2) is 7.06. The van der Waals surface area contributed by atoms with Crippen LogP contribution in [0, 0.1) is 17.0 Å². The third-order valence-corrected chi connectivity index (χ3v) is 4.09. The lowest BCUT2D eigenvalue weighted by molar-refractivity contribution is -0.384. The zero-order chi connectivity index (χ0) is 18.0. The van der Waals surface area contributed by atoms with Crippen molar-refractivity contribution in [2.24, 2.45) is 5.73 Å². The van der Waals surface area contributed by atoms with E-state index in [0.29, 0.717) is 6.54 Å². The van der Waals surface area contributed by atoms with E-state index in [-0.39, 0.29) is 32.8 Å². The van der Waals surface area contributed by atoms with E-state index in [9.17, 15) is 14.9 Å². The van der Waals surface area contributed by atoms with Crippen LogP contribution in [0.15, 0.2) is 18.2 Å². The van der Waals surface area contributed by atoms with Crippen molar-refractivity contribution in [2.45, 2.75) is 26.4 Å². The summed E-state index contributed by atoms with van der Waals surface area (Å²) in [7, 11) is 0. The molecule has 0 radical (unpaired) electrons. The third kappa shape index (κ3) is 3.29. The van der Waals surface area contributed by atoms with Crippen molar-refractivity contribution in [3.63, 3.8) is 0 Å². The van der Waals surface area contributed by atoms with Crippen LogP contribution >= 0.6 is 23.2 Å². The lowest BCUT2D eigenvalue weighted by atomic mass is 10.1. The maximum atomic E-state index is 11.9. The number of primary amides is 1. The summed E-state index contributed by atoms with van der Waals surface area (Å²) in [5.74, 6) is -0.708. The Morgan fingerprint density at radius 3 is 2.50 bits per heavy atom. The summed E-state index contributed by atoms with van der Waals surface area (Å²) in [5, 5.41) is 18.7. The molecule has 0 aliphatic carbocycles. The van der Waals surface area contributed by atoms with Gasteiger partial charge in [0.05, 0.1) is 4.92 Å². The van der Waals surface area contributed by atoms with Crippen LogP contribution in [-0.4, -0.2) is 20.6 Å². The molecule has 8 nitrogen and oxygen atoms in total. The fourth-order valence-electron chi connectivity index (χ4n) is 2.37. The first-order chi connectivity index (χ1) is 11.3. The van der Waals surface area contributed by atoms with Gasteiger partial charge in [0, 0.05) is 22.2 Å². The van der Waals surface area contributed by atoms with Crippen molar-refractivity contribution in [2.75, 3.05) is 5.32 Å². The summed E-state index contributed by atoms with van der Waals surface area (Å²) in [6.45, 7) is 3.64. The molecule has 0 aliphatic heterocycles. The third-order valence-electron chi connectivity index (χ3n) is 3.43. The number of rotatable bonds is 6. The molecule has 0 bridgehead atoms. The number of amides is 1. The topological polar surface area (TPSA) is 116 Å². The van der Waals surface area contributed by atoms with Gasteiger partial charge in [-0.15, -0.1) is 0 Å². The maximum absolute atomic E-state index is 11.9. The lowest BCUT2D eigenvalue weighted by Gasteiger charge is -2.19. The van der Waals surface area contributed by atoms with Gasteiger partial charge in [0.1, 0.15) is 11.7 Å². The zero-order valence-corrected chi connectivity index (χ0v) is 14.4. The molecule has 0 fully saturated rings. The number of halogens is 2. The normalized spacial score (nSPS) is 12.0. The quantitative estimate of drug-likeness (QED) is 0.597. The van der Waals surface area contributed by atoms with Crippen LogP contribution in [-0.2, 0) is 11.3 Å². The Labute approximate surface area is 147 Å². The van der Waals surface area contributed by atoms with E-state index in [1.807, 2.05) is 0 Å². The number of nitrogens with two attached hydrogens (primary N) is 1. The number of hydrogen-bond acceptors (Lipinski definition) is 5. The molecule has 1 aromatic heterocycles. The van der Waals surface area contributed by atoms with E-state index in [1.54, 1.807) is 25.1 Å². The van der Waals surface area contributed by atoms with E-state index >= 15 is 0 Å².